The second kappa shape index (κ2) is 13.3. The summed E-state index contributed by atoms with van der Waals surface area (Å²) in [5.41, 5.74) is 13.0. The molecule has 1 heterocycles. The molecule has 35 heavy (non-hydrogen) atoms. The lowest BCUT2D eigenvalue weighted by molar-refractivity contribution is -0.138. The van der Waals surface area contributed by atoms with Crippen LogP contribution in [0.15, 0.2) is 30.5 Å². The first-order valence-electron chi connectivity index (χ1n) is 10.8. The quantitative estimate of drug-likeness (QED) is 0.166. The maximum Gasteiger partial charge on any atom is 0.322 e. The first-order valence-corrected chi connectivity index (χ1v) is 12.2. The number of carbonyl (C=O) groups excluding carboxylic acids is 4. The molecule has 190 valence electrons. The number of rotatable bonds is 14. The van der Waals surface area contributed by atoms with Crippen LogP contribution >= 0.6 is 11.8 Å². The number of hydrogen-bond acceptors (Lipinski definition) is 7. The second-order valence-electron chi connectivity index (χ2n) is 7.86. The van der Waals surface area contributed by atoms with E-state index in [-0.39, 0.29) is 12.8 Å². The van der Waals surface area contributed by atoms with Crippen molar-refractivity contribution in [1.82, 2.24) is 20.9 Å². The van der Waals surface area contributed by atoms with E-state index in [0.717, 1.165) is 16.5 Å². The zero-order chi connectivity index (χ0) is 26.0. The van der Waals surface area contributed by atoms with Gasteiger partial charge in [0.05, 0.1) is 12.5 Å². The first kappa shape index (κ1) is 27.7. The van der Waals surface area contributed by atoms with Gasteiger partial charge in [0, 0.05) is 17.1 Å². The van der Waals surface area contributed by atoms with Crippen LogP contribution in [-0.4, -0.2) is 76.4 Å². The molecule has 1 aromatic heterocycles. The summed E-state index contributed by atoms with van der Waals surface area (Å²) >= 11 is 1.45. The summed E-state index contributed by atoms with van der Waals surface area (Å²) < 4.78 is 0. The number of carbonyl (C=O) groups is 5. The minimum atomic E-state index is -1.40. The molecule has 0 bridgehead atoms. The molecule has 2 rings (SSSR count). The number of hydrogen-bond donors (Lipinski definition) is 7. The van der Waals surface area contributed by atoms with Crippen molar-refractivity contribution in [3.05, 3.63) is 36.0 Å². The molecule has 0 saturated heterocycles. The number of carboxylic acids is 1. The van der Waals surface area contributed by atoms with Gasteiger partial charge in [-0.05, 0) is 36.5 Å². The highest BCUT2D eigenvalue weighted by Gasteiger charge is 2.29. The summed E-state index contributed by atoms with van der Waals surface area (Å²) in [6, 6.07) is 4.20. The highest BCUT2D eigenvalue weighted by atomic mass is 32.2. The Labute approximate surface area is 205 Å². The number of primary amides is 1. The summed E-state index contributed by atoms with van der Waals surface area (Å²) in [7, 11) is 0. The van der Waals surface area contributed by atoms with E-state index in [2.05, 4.69) is 20.9 Å². The Morgan fingerprint density at radius 1 is 1.06 bits per heavy atom. The number of nitrogens with two attached hydrogens (primary N) is 2. The summed E-state index contributed by atoms with van der Waals surface area (Å²) in [6.45, 7) is -0.695. The third kappa shape index (κ3) is 8.61. The number of nitrogens with one attached hydrogen (secondary N) is 4. The molecule has 0 aliphatic rings. The SMILES string of the molecule is CSCCC(NC(=O)C(N)Cc1c[nH]c2ccccc12)C(=O)NC(CC(N)=O)C(=O)NCC(=O)O. The van der Waals surface area contributed by atoms with E-state index in [1.165, 1.54) is 11.8 Å². The summed E-state index contributed by atoms with van der Waals surface area (Å²) in [5, 5.41) is 16.8. The van der Waals surface area contributed by atoms with Crippen molar-refractivity contribution in [3.63, 3.8) is 0 Å². The fraction of sp³-hybridized carbons (Fsp3) is 0.409. The number of fused-ring (bicyclic) bond motifs is 1. The third-order valence-corrected chi connectivity index (χ3v) is 5.79. The predicted molar refractivity (Wildman–Crippen MR) is 131 cm³/mol. The van der Waals surface area contributed by atoms with Gasteiger partial charge in [0.15, 0.2) is 0 Å². The van der Waals surface area contributed by atoms with Gasteiger partial charge in [-0.1, -0.05) is 18.2 Å². The Kier molecular flexibility index (Phi) is 10.5. The Morgan fingerprint density at radius 3 is 2.40 bits per heavy atom. The number of amides is 4. The van der Waals surface area contributed by atoms with Gasteiger partial charge in [0.2, 0.25) is 23.6 Å². The van der Waals surface area contributed by atoms with Gasteiger partial charge < -0.3 is 37.5 Å². The van der Waals surface area contributed by atoms with Gasteiger partial charge in [0.25, 0.3) is 0 Å². The molecule has 3 atom stereocenters. The smallest absolute Gasteiger partial charge is 0.322 e. The number of H-pyrrole nitrogens is 1. The fourth-order valence-electron chi connectivity index (χ4n) is 3.38. The molecular formula is C22H30N6O6S. The lowest BCUT2D eigenvalue weighted by Crippen LogP contribution is -2.57. The molecule has 4 amide bonds. The van der Waals surface area contributed by atoms with Crippen LogP contribution < -0.4 is 27.4 Å². The van der Waals surface area contributed by atoms with Crippen molar-refractivity contribution in [3.8, 4) is 0 Å². The Hall–Kier alpha value is -3.58. The maximum absolute atomic E-state index is 12.9. The van der Waals surface area contributed by atoms with Gasteiger partial charge in [-0.2, -0.15) is 11.8 Å². The average molecular weight is 507 g/mol. The Balaban J connectivity index is 2.07. The maximum atomic E-state index is 12.9. The van der Waals surface area contributed by atoms with E-state index in [0.29, 0.717) is 5.75 Å². The third-order valence-electron chi connectivity index (χ3n) is 5.15. The standard InChI is InChI=1S/C22H30N6O6S/c1-35-7-6-16(22(34)28-17(9-18(24)29)21(33)26-11-19(30)31)27-20(32)14(23)8-12-10-25-15-5-3-2-4-13(12)15/h2-5,10,14,16-17,25H,6-9,11,23H2,1H3,(H2,24,29)(H,26,33)(H,27,32)(H,28,34)(H,30,31). The van der Waals surface area contributed by atoms with E-state index < -0.39 is 60.7 Å². The molecule has 0 aliphatic carbocycles. The van der Waals surface area contributed by atoms with Gasteiger partial charge in [0.1, 0.15) is 18.6 Å². The summed E-state index contributed by atoms with van der Waals surface area (Å²) in [6.07, 6.45) is 3.53. The van der Waals surface area contributed by atoms with Crippen LogP contribution in [0.4, 0.5) is 0 Å². The van der Waals surface area contributed by atoms with Gasteiger partial charge in [-0.15, -0.1) is 0 Å². The summed E-state index contributed by atoms with van der Waals surface area (Å²) in [5.74, 6) is -3.81. The highest BCUT2D eigenvalue weighted by Crippen LogP contribution is 2.18. The number of aromatic amines is 1. The molecule has 0 saturated carbocycles. The molecule has 0 aliphatic heterocycles. The van der Waals surface area contributed by atoms with E-state index in [4.69, 9.17) is 16.6 Å². The van der Waals surface area contributed by atoms with E-state index in [1.54, 1.807) is 6.20 Å². The second-order valence-corrected chi connectivity index (χ2v) is 8.84. The molecule has 1 aromatic carbocycles. The molecule has 2 aromatic rings. The Morgan fingerprint density at radius 2 is 1.74 bits per heavy atom. The van der Waals surface area contributed by atoms with Crippen molar-refractivity contribution < 1.29 is 29.1 Å². The van der Waals surface area contributed by atoms with Crippen LogP contribution in [-0.2, 0) is 30.4 Å². The van der Waals surface area contributed by atoms with Crippen molar-refractivity contribution in [2.24, 2.45) is 11.5 Å². The number of para-hydroxylation sites is 1. The fourth-order valence-corrected chi connectivity index (χ4v) is 3.85. The Bertz CT molecular complexity index is 1070. The molecule has 13 heteroatoms. The minimum Gasteiger partial charge on any atom is -0.480 e. The summed E-state index contributed by atoms with van der Waals surface area (Å²) in [4.78, 5) is 63.2. The van der Waals surface area contributed by atoms with E-state index in [9.17, 15) is 24.0 Å². The van der Waals surface area contributed by atoms with Crippen molar-refractivity contribution in [2.45, 2.75) is 37.4 Å². The molecule has 12 nitrogen and oxygen atoms in total. The normalized spacial score (nSPS) is 13.4. The van der Waals surface area contributed by atoms with Crippen LogP contribution in [0.5, 0.6) is 0 Å². The van der Waals surface area contributed by atoms with Gasteiger partial charge in [-0.3, -0.25) is 24.0 Å². The number of thioether (sulfide) groups is 1. The molecule has 9 N–H and O–H groups in total. The molecule has 0 radical (unpaired) electrons. The van der Waals surface area contributed by atoms with Crippen LogP contribution in [0.3, 0.4) is 0 Å². The number of aliphatic carboxylic acids is 1. The average Bonchev–Trinajstić information content (AvgIpc) is 3.21. The van der Waals surface area contributed by atoms with Crippen molar-refractivity contribution in [1.29, 1.82) is 0 Å². The topological polar surface area (TPSA) is 209 Å². The van der Waals surface area contributed by atoms with Crippen LogP contribution in [0.25, 0.3) is 10.9 Å². The number of benzene rings is 1. The first-order chi connectivity index (χ1) is 16.6. The number of carboxylic acid groups (broad SMARTS) is 1. The highest BCUT2D eigenvalue weighted by molar-refractivity contribution is 7.98. The van der Waals surface area contributed by atoms with E-state index in [1.807, 2.05) is 30.5 Å². The number of aromatic nitrogens is 1. The molecule has 3 unspecified atom stereocenters. The monoisotopic (exact) mass is 506 g/mol. The molecule has 0 fully saturated rings. The molecular weight excluding hydrogens is 476 g/mol. The lowest BCUT2D eigenvalue weighted by Gasteiger charge is -2.23. The van der Waals surface area contributed by atoms with Crippen molar-refractivity contribution >= 4 is 52.3 Å². The van der Waals surface area contributed by atoms with Gasteiger partial charge in [-0.25, -0.2) is 0 Å². The zero-order valence-electron chi connectivity index (χ0n) is 19.2. The molecule has 0 spiro atoms. The zero-order valence-corrected chi connectivity index (χ0v) is 20.0. The largest absolute Gasteiger partial charge is 0.480 e. The van der Waals surface area contributed by atoms with Crippen LogP contribution in [0.2, 0.25) is 0 Å². The van der Waals surface area contributed by atoms with Crippen molar-refractivity contribution in [2.75, 3.05) is 18.6 Å². The lowest BCUT2D eigenvalue weighted by atomic mass is 10.0. The van der Waals surface area contributed by atoms with Crippen LogP contribution in [0, 0.1) is 0 Å². The van der Waals surface area contributed by atoms with E-state index >= 15 is 0 Å². The minimum absolute atomic E-state index is 0.231. The van der Waals surface area contributed by atoms with Crippen LogP contribution in [0.1, 0.15) is 18.4 Å². The van der Waals surface area contributed by atoms with Gasteiger partial charge >= 0.3 is 5.97 Å². The predicted octanol–water partition coefficient (Wildman–Crippen LogP) is -1.16.